The van der Waals surface area contributed by atoms with Crippen LogP contribution in [0.4, 0.5) is 5.69 Å². The number of anilines is 1. The Morgan fingerprint density at radius 2 is 1.77 bits per heavy atom. The molecule has 2 amide bonds. The summed E-state index contributed by atoms with van der Waals surface area (Å²) in [5, 5.41) is 11.7. The van der Waals surface area contributed by atoms with Crippen molar-refractivity contribution in [2.45, 2.75) is 4.90 Å². The monoisotopic (exact) mass is 381 g/mol. The van der Waals surface area contributed by atoms with E-state index in [1.54, 1.807) is 0 Å². The molecule has 3 rings (SSSR count). The van der Waals surface area contributed by atoms with Gasteiger partial charge in [0.2, 0.25) is 10.0 Å². The molecule has 2 N–H and O–H groups in total. The number of morpholine rings is 1. The molecule has 2 aliphatic heterocycles. The molecule has 1 aromatic rings. The van der Waals surface area contributed by atoms with Crippen LogP contribution in [0, 0.1) is 0 Å². The standard InChI is InChI=1S/C16H19N3O6S/c20-8-5-19-15(21)11-14(16(19)22)17-12-1-3-13(4-2-12)26(23,24)18-6-9-25-10-7-18/h1-4,11,17,20H,5-10H2. The van der Waals surface area contributed by atoms with E-state index in [2.05, 4.69) is 5.32 Å². The van der Waals surface area contributed by atoms with Crippen molar-refractivity contribution in [3.63, 3.8) is 0 Å². The fraction of sp³-hybridized carbons (Fsp3) is 0.375. The Kier molecular flexibility index (Phi) is 5.37. The fourth-order valence-electron chi connectivity index (χ4n) is 2.71. The summed E-state index contributed by atoms with van der Waals surface area (Å²) in [6, 6.07) is 5.95. The summed E-state index contributed by atoms with van der Waals surface area (Å²) in [6.45, 7) is 0.975. The number of hydrogen-bond donors (Lipinski definition) is 2. The number of sulfonamides is 1. The molecule has 1 fully saturated rings. The Morgan fingerprint density at radius 3 is 2.38 bits per heavy atom. The first-order valence-corrected chi connectivity index (χ1v) is 9.51. The summed E-state index contributed by atoms with van der Waals surface area (Å²) < 4.78 is 31.7. The van der Waals surface area contributed by atoms with Crippen LogP contribution in [-0.4, -0.2) is 74.0 Å². The molecular formula is C16H19N3O6S. The first-order chi connectivity index (χ1) is 12.4. The van der Waals surface area contributed by atoms with E-state index in [1.165, 1.54) is 28.6 Å². The van der Waals surface area contributed by atoms with Gasteiger partial charge in [-0.15, -0.1) is 0 Å². The molecule has 10 heteroatoms. The first kappa shape index (κ1) is 18.5. The second-order valence-corrected chi connectivity index (χ2v) is 7.68. The Labute approximate surface area is 150 Å². The van der Waals surface area contributed by atoms with Crippen LogP contribution in [0.5, 0.6) is 0 Å². The molecule has 0 aliphatic carbocycles. The molecule has 1 saturated heterocycles. The number of imide groups is 1. The van der Waals surface area contributed by atoms with Gasteiger partial charge in [-0.25, -0.2) is 8.42 Å². The molecule has 0 aromatic heterocycles. The number of amides is 2. The molecular weight excluding hydrogens is 362 g/mol. The van der Waals surface area contributed by atoms with Gasteiger partial charge in [-0.2, -0.15) is 4.31 Å². The molecule has 0 radical (unpaired) electrons. The summed E-state index contributed by atoms with van der Waals surface area (Å²) in [6.07, 6.45) is 1.15. The number of ether oxygens (including phenoxy) is 1. The van der Waals surface area contributed by atoms with Gasteiger partial charge in [0.05, 0.1) is 31.3 Å². The van der Waals surface area contributed by atoms with Crippen molar-refractivity contribution < 1.29 is 27.9 Å². The summed E-state index contributed by atoms with van der Waals surface area (Å²) in [5.74, 6) is -1.04. The van der Waals surface area contributed by atoms with Gasteiger partial charge in [0.25, 0.3) is 11.8 Å². The molecule has 140 valence electrons. The molecule has 9 nitrogen and oxygen atoms in total. The number of hydrogen-bond acceptors (Lipinski definition) is 7. The number of benzene rings is 1. The van der Waals surface area contributed by atoms with Crippen LogP contribution in [0.2, 0.25) is 0 Å². The van der Waals surface area contributed by atoms with Gasteiger partial charge in [0.15, 0.2) is 0 Å². The van der Waals surface area contributed by atoms with E-state index in [-0.39, 0.29) is 23.7 Å². The van der Waals surface area contributed by atoms with Crippen LogP contribution < -0.4 is 5.32 Å². The quantitative estimate of drug-likeness (QED) is 0.630. The van der Waals surface area contributed by atoms with E-state index in [9.17, 15) is 18.0 Å². The maximum atomic E-state index is 12.6. The van der Waals surface area contributed by atoms with Crippen LogP contribution in [0.3, 0.4) is 0 Å². The molecule has 0 bridgehead atoms. The van der Waals surface area contributed by atoms with E-state index in [0.29, 0.717) is 32.0 Å². The Balaban J connectivity index is 1.71. The third-order valence-electron chi connectivity index (χ3n) is 4.07. The molecule has 26 heavy (non-hydrogen) atoms. The molecule has 2 aliphatic rings. The Morgan fingerprint density at radius 1 is 1.12 bits per heavy atom. The SMILES string of the molecule is O=C1C=C(Nc2ccc(S(=O)(=O)N3CCOCC3)cc2)C(=O)N1CCO. The van der Waals surface area contributed by atoms with Crippen molar-refractivity contribution in [1.82, 2.24) is 9.21 Å². The van der Waals surface area contributed by atoms with Crippen LogP contribution in [-0.2, 0) is 24.3 Å². The third-order valence-corrected chi connectivity index (χ3v) is 5.99. The first-order valence-electron chi connectivity index (χ1n) is 8.07. The highest BCUT2D eigenvalue weighted by atomic mass is 32.2. The minimum absolute atomic E-state index is 0.0733. The lowest BCUT2D eigenvalue weighted by Crippen LogP contribution is -2.40. The van der Waals surface area contributed by atoms with Crippen molar-refractivity contribution >= 4 is 27.5 Å². The lowest BCUT2D eigenvalue weighted by Gasteiger charge is -2.26. The Hall–Kier alpha value is -2.27. The van der Waals surface area contributed by atoms with Gasteiger partial charge in [-0.3, -0.25) is 14.5 Å². The highest BCUT2D eigenvalue weighted by Crippen LogP contribution is 2.21. The Bertz CT molecular complexity index is 828. The van der Waals surface area contributed by atoms with Gasteiger partial charge >= 0.3 is 0 Å². The molecule has 0 saturated carbocycles. The number of nitrogens with one attached hydrogen (secondary N) is 1. The van der Waals surface area contributed by atoms with Crippen molar-refractivity contribution in [1.29, 1.82) is 0 Å². The van der Waals surface area contributed by atoms with E-state index in [0.717, 1.165) is 11.0 Å². The summed E-state index contributed by atoms with van der Waals surface area (Å²) in [4.78, 5) is 24.9. The highest BCUT2D eigenvalue weighted by molar-refractivity contribution is 7.89. The minimum atomic E-state index is -3.59. The van der Waals surface area contributed by atoms with E-state index in [1.807, 2.05) is 0 Å². The topological polar surface area (TPSA) is 116 Å². The van der Waals surface area contributed by atoms with Crippen molar-refractivity contribution in [3.8, 4) is 0 Å². The van der Waals surface area contributed by atoms with Crippen LogP contribution in [0.1, 0.15) is 0 Å². The third kappa shape index (κ3) is 3.63. The fourth-order valence-corrected chi connectivity index (χ4v) is 4.12. The van der Waals surface area contributed by atoms with Gasteiger partial charge in [-0.1, -0.05) is 0 Å². The lowest BCUT2D eigenvalue weighted by molar-refractivity contribution is -0.137. The van der Waals surface area contributed by atoms with Gasteiger partial charge in [0, 0.05) is 24.9 Å². The van der Waals surface area contributed by atoms with E-state index >= 15 is 0 Å². The lowest BCUT2D eigenvalue weighted by atomic mass is 10.3. The van der Waals surface area contributed by atoms with Crippen molar-refractivity contribution in [2.75, 3.05) is 44.8 Å². The zero-order valence-corrected chi connectivity index (χ0v) is 14.7. The van der Waals surface area contributed by atoms with E-state index in [4.69, 9.17) is 9.84 Å². The normalized spacial score (nSPS) is 19.0. The van der Waals surface area contributed by atoms with Crippen LogP contribution in [0.25, 0.3) is 0 Å². The number of rotatable bonds is 6. The largest absolute Gasteiger partial charge is 0.395 e. The average Bonchev–Trinajstić information content (AvgIpc) is 2.91. The molecule has 0 spiro atoms. The van der Waals surface area contributed by atoms with Gasteiger partial charge in [0.1, 0.15) is 5.70 Å². The maximum Gasteiger partial charge on any atom is 0.277 e. The number of aliphatic hydroxyl groups is 1. The van der Waals surface area contributed by atoms with Crippen LogP contribution in [0.15, 0.2) is 40.9 Å². The van der Waals surface area contributed by atoms with Crippen LogP contribution >= 0.6 is 0 Å². The number of carbonyl (C=O) groups is 2. The summed E-state index contributed by atoms with van der Waals surface area (Å²) in [7, 11) is -3.59. The minimum Gasteiger partial charge on any atom is -0.395 e. The molecule has 1 aromatic carbocycles. The van der Waals surface area contributed by atoms with Gasteiger partial charge in [-0.05, 0) is 24.3 Å². The summed E-state index contributed by atoms with van der Waals surface area (Å²) >= 11 is 0. The molecule has 0 unspecified atom stereocenters. The van der Waals surface area contributed by atoms with Crippen molar-refractivity contribution in [2.24, 2.45) is 0 Å². The number of carbonyl (C=O) groups excluding carboxylic acids is 2. The predicted octanol–water partition coefficient (Wildman–Crippen LogP) is -0.636. The number of nitrogens with zero attached hydrogens (tertiary/aromatic N) is 2. The second kappa shape index (κ2) is 7.54. The van der Waals surface area contributed by atoms with Gasteiger partial charge < -0.3 is 15.2 Å². The number of aliphatic hydroxyl groups excluding tert-OH is 1. The molecule has 2 heterocycles. The smallest absolute Gasteiger partial charge is 0.277 e. The number of β-amino-alcohol motifs (C(OH)–C–C–N with tert-alkyl or cyclic N) is 1. The molecule has 0 atom stereocenters. The average molecular weight is 381 g/mol. The second-order valence-electron chi connectivity index (χ2n) is 5.74. The summed E-state index contributed by atoms with van der Waals surface area (Å²) in [5.41, 5.74) is 0.552. The van der Waals surface area contributed by atoms with E-state index < -0.39 is 21.8 Å². The zero-order valence-electron chi connectivity index (χ0n) is 13.9. The highest BCUT2D eigenvalue weighted by Gasteiger charge is 2.31. The zero-order chi connectivity index (χ0) is 18.7. The predicted molar refractivity (Wildman–Crippen MR) is 91.5 cm³/mol. The maximum absolute atomic E-state index is 12.6. The van der Waals surface area contributed by atoms with Crippen molar-refractivity contribution in [3.05, 3.63) is 36.0 Å².